The Morgan fingerprint density at radius 1 is 0.806 bits per heavy atom. The Hall–Kier alpha value is -4.77. The van der Waals surface area contributed by atoms with Crippen LogP contribution in [0.4, 0.5) is 11.4 Å². The molecule has 0 aliphatic carbocycles. The van der Waals surface area contributed by atoms with Crippen LogP contribution in [0.15, 0.2) is 61.2 Å². The number of nitriles is 5. The quantitative estimate of drug-likeness (QED) is 0.555. The number of anilines is 2. The van der Waals surface area contributed by atoms with E-state index in [9.17, 15) is 0 Å². The minimum Gasteiger partial charge on any atom is -0.398 e. The van der Waals surface area contributed by atoms with Crippen molar-refractivity contribution in [2.75, 3.05) is 23.7 Å². The van der Waals surface area contributed by atoms with Gasteiger partial charge in [0.25, 0.3) is 0 Å². The fourth-order valence-electron chi connectivity index (χ4n) is 2.17. The summed E-state index contributed by atoms with van der Waals surface area (Å²) in [6.07, 6.45) is 1.94. The molecule has 0 radical (unpaired) electrons. The topological polar surface area (TPSA) is 148 Å². The van der Waals surface area contributed by atoms with Crippen LogP contribution in [0.3, 0.4) is 0 Å². The summed E-state index contributed by atoms with van der Waals surface area (Å²) in [5.41, 5.74) is 7.85. The molecule has 0 unspecified atom stereocenters. The second-order valence-corrected chi connectivity index (χ2v) is 5.46. The van der Waals surface area contributed by atoms with Crippen molar-refractivity contribution in [1.29, 1.82) is 26.3 Å². The van der Waals surface area contributed by atoms with Gasteiger partial charge in [-0.15, -0.1) is 0 Å². The molecule has 0 bridgehead atoms. The fraction of sp³-hybridized carbons (Fsp3) is 0.208. The third-order valence-corrected chi connectivity index (χ3v) is 3.52. The highest BCUT2D eigenvalue weighted by Gasteiger charge is 2.09. The molecule has 7 heteroatoms. The molecule has 0 fully saturated rings. The van der Waals surface area contributed by atoms with Crippen LogP contribution in [-0.2, 0) is 0 Å². The van der Waals surface area contributed by atoms with Gasteiger partial charge in [-0.2, -0.15) is 26.3 Å². The van der Waals surface area contributed by atoms with Crippen molar-refractivity contribution >= 4 is 11.4 Å². The Morgan fingerprint density at radius 3 is 1.65 bits per heavy atom. The first-order valence-corrected chi connectivity index (χ1v) is 8.82. The lowest BCUT2D eigenvalue weighted by molar-refractivity contribution is 0.795. The van der Waals surface area contributed by atoms with E-state index in [1.807, 2.05) is 23.1 Å². The summed E-state index contributed by atoms with van der Waals surface area (Å²) in [5.74, 6) is 0. The normalized spacial score (nSPS) is 7.71. The van der Waals surface area contributed by atoms with E-state index >= 15 is 0 Å². The van der Waals surface area contributed by atoms with Crippen molar-refractivity contribution < 1.29 is 0 Å². The van der Waals surface area contributed by atoms with Gasteiger partial charge in [-0.25, -0.2) is 0 Å². The van der Waals surface area contributed by atoms with Crippen LogP contribution < -0.4 is 10.6 Å². The van der Waals surface area contributed by atoms with Crippen LogP contribution in [-0.4, -0.2) is 13.1 Å². The molecule has 0 aliphatic rings. The molecule has 2 aromatic rings. The van der Waals surface area contributed by atoms with Crippen molar-refractivity contribution in [2.24, 2.45) is 0 Å². The van der Waals surface area contributed by atoms with Gasteiger partial charge >= 0.3 is 0 Å². The maximum absolute atomic E-state index is 9.01. The predicted octanol–water partition coefficient (Wildman–Crippen LogP) is 4.66. The van der Waals surface area contributed by atoms with Gasteiger partial charge < -0.3 is 10.6 Å². The van der Waals surface area contributed by atoms with E-state index in [0.29, 0.717) is 42.7 Å². The summed E-state index contributed by atoms with van der Waals surface area (Å²) in [6, 6.07) is 24.1. The molecule has 0 heterocycles. The summed E-state index contributed by atoms with van der Waals surface area (Å²) < 4.78 is 0. The van der Waals surface area contributed by atoms with Crippen molar-refractivity contribution in [3.8, 4) is 30.3 Å². The highest BCUT2D eigenvalue weighted by molar-refractivity contribution is 5.59. The Morgan fingerprint density at radius 2 is 1.26 bits per heavy atom. The summed E-state index contributed by atoms with van der Waals surface area (Å²) in [5, 5.41) is 42.1. The summed E-state index contributed by atoms with van der Waals surface area (Å²) in [4.78, 5) is 1.91. The standard InChI is InChI=1S/C13H12N4.C7H6N2.C3H3N.CH4/c14-7-3-9-17(10-4-8-15)13-6-2-1-5-12(13)11-16;8-5-6-3-1-2-4-7(6)9;1-2-3-4;/h1-2,5-6H,3-4,9-10H2;1-4H,9H2;2H,1H2;1H4. The zero-order valence-electron chi connectivity index (χ0n) is 16.5. The van der Waals surface area contributed by atoms with Gasteiger partial charge in [0.05, 0.1) is 47.9 Å². The monoisotopic (exact) mass is 411 g/mol. The second-order valence-electron chi connectivity index (χ2n) is 5.46. The molecule has 156 valence electrons. The van der Waals surface area contributed by atoms with E-state index in [4.69, 9.17) is 32.0 Å². The molecule has 2 rings (SSSR count). The summed E-state index contributed by atoms with van der Waals surface area (Å²) in [7, 11) is 0. The number of nitrogen functional groups attached to an aromatic ring is 1. The van der Waals surface area contributed by atoms with Gasteiger partial charge in [-0.3, -0.25) is 0 Å². The highest BCUT2D eigenvalue weighted by atomic mass is 15.1. The number of hydrogen-bond donors (Lipinski definition) is 1. The van der Waals surface area contributed by atoms with Crippen LogP contribution in [0, 0.1) is 56.7 Å². The third kappa shape index (κ3) is 11.6. The molecule has 0 saturated carbocycles. The maximum Gasteiger partial charge on any atom is 0.101 e. The van der Waals surface area contributed by atoms with Gasteiger partial charge in [0, 0.05) is 24.9 Å². The zero-order valence-corrected chi connectivity index (χ0v) is 16.5. The Bertz CT molecular complexity index is 990. The number of hydrogen-bond acceptors (Lipinski definition) is 7. The number of benzene rings is 2. The van der Waals surface area contributed by atoms with E-state index < -0.39 is 0 Å². The number of para-hydroxylation sites is 2. The SMILES string of the molecule is C.C=CC#N.N#CCCN(CCC#N)c1ccccc1C#N.N#Cc1ccccc1N. The molecule has 7 nitrogen and oxygen atoms in total. The molecule has 0 spiro atoms. The minimum atomic E-state index is 0. The first kappa shape index (κ1) is 28.4. The van der Waals surface area contributed by atoms with Crippen LogP contribution in [0.2, 0.25) is 0 Å². The zero-order chi connectivity index (χ0) is 22.6. The molecule has 0 aliphatic heterocycles. The third-order valence-electron chi connectivity index (χ3n) is 3.52. The lowest BCUT2D eigenvalue weighted by Crippen LogP contribution is -2.26. The molecule has 2 aromatic carbocycles. The molecule has 0 atom stereocenters. The Kier molecular flexibility index (Phi) is 17.1. The van der Waals surface area contributed by atoms with Crippen molar-refractivity contribution in [3.63, 3.8) is 0 Å². The van der Waals surface area contributed by atoms with Gasteiger partial charge in [0.15, 0.2) is 0 Å². The first-order valence-electron chi connectivity index (χ1n) is 8.82. The number of rotatable bonds is 5. The Balaban J connectivity index is 0. The second kappa shape index (κ2) is 18.6. The van der Waals surface area contributed by atoms with E-state index in [2.05, 4.69) is 24.8 Å². The molecular weight excluding hydrogens is 386 g/mol. The predicted molar refractivity (Wildman–Crippen MR) is 122 cm³/mol. The van der Waals surface area contributed by atoms with Crippen molar-refractivity contribution in [3.05, 3.63) is 72.3 Å². The van der Waals surface area contributed by atoms with Crippen LogP contribution in [0.5, 0.6) is 0 Å². The van der Waals surface area contributed by atoms with Gasteiger partial charge in [-0.1, -0.05) is 38.3 Å². The van der Waals surface area contributed by atoms with Crippen LogP contribution >= 0.6 is 0 Å². The molecular formula is C24H25N7. The van der Waals surface area contributed by atoms with Crippen molar-refractivity contribution in [2.45, 2.75) is 20.3 Å². The van der Waals surface area contributed by atoms with E-state index in [1.54, 1.807) is 42.5 Å². The molecule has 2 N–H and O–H groups in total. The number of nitrogens with two attached hydrogens (primary N) is 1. The Labute approximate surface area is 184 Å². The lowest BCUT2D eigenvalue weighted by Gasteiger charge is -2.23. The van der Waals surface area contributed by atoms with Crippen LogP contribution in [0.25, 0.3) is 0 Å². The average molecular weight is 412 g/mol. The van der Waals surface area contributed by atoms with E-state index in [0.717, 1.165) is 5.69 Å². The first-order chi connectivity index (χ1) is 14.6. The molecule has 0 aromatic heterocycles. The summed E-state index contributed by atoms with van der Waals surface area (Å²) >= 11 is 0. The van der Waals surface area contributed by atoms with Gasteiger partial charge in [0.2, 0.25) is 0 Å². The largest absolute Gasteiger partial charge is 0.398 e. The molecule has 31 heavy (non-hydrogen) atoms. The van der Waals surface area contributed by atoms with Crippen LogP contribution in [0.1, 0.15) is 31.4 Å². The number of allylic oxidation sites excluding steroid dienone is 1. The number of nitrogens with zero attached hydrogens (tertiary/aromatic N) is 6. The molecule has 0 saturated heterocycles. The van der Waals surface area contributed by atoms with Gasteiger partial charge in [0.1, 0.15) is 12.1 Å². The summed E-state index contributed by atoms with van der Waals surface area (Å²) in [6.45, 7) is 4.20. The highest BCUT2D eigenvalue weighted by Crippen LogP contribution is 2.19. The lowest BCUT2D eigenvalue weighted by atomic mass is 10.1. The molecule has 0 amide bonds. The minimum absolute atomic E-state index is 0. The van der Waals surface area contributed by atoms with Crippen molar-refractivity contribution in [1.82, 2.24) is 0 Å². The average Bonchev–Trinajstić information content (AvgIpc) is 2.80. The maximum atomic E-state index is 9.01. The van der Waals surface area contributed by atoms with E-state index in [-0.39, 0.29) is 7.43 Å². The smallest absolute Gasteiger partial charge is 0.101 e. The van der Waals surface area contributed by atoms with Gasteiger partial charge in [-0.05, 0) is 24.3 Å². The van der Waals surface area contributed by atoms with E-state index in [1.165, 1.54) is 6.08 Å². The fourth-order valence-corrected chi connectivity index (χ4v) is 2.17.